The summed E-state index contributed by atoms with van der Waals surface area (Å²) in [6.07, 6.45) is 3.94. The van der Waals surface area contributed by atoms with Gasteiger partial charge in [0.2, 0.25) is 15.9 Å². The Morgan fingerprint density at radius 1 is 1.21 bits per heavy atom. The molecule has 1 heterocycles. The number of aromatic nitrogens is 1. The molecule has 0 unspecified atom stereocenters. The number of hydrogen-bond donors (Lipinski definition) is 4. The third-order valence-electron chi connectivity index (χ3n) is 5.68. The van der Waals surface area contributed by atoms with Crippen LogP contribution in [0.1, 0.15) is 62.9 Å². The number of sulfonamides is 1. The summed E-state index contributed by atoms with van der Waals surface area (Å²) in [4.78, 5) is 28.5. The molecule has 0 spiro atoms. The molecule has 0 bridgehead atoms. The van der Waals surface area contributed by atoms with Gasteiger partial charge >= 0.3 is 6.09 Å². The van der Waals surface area contributed by atoms with Gasteiger partial charge in [0, 0.05) is 36.3 Å². The van der Waals surface area contributed by atoms with Crippen LogP contribution in [-0.2, 0) is 21.2 Å². The minimum atomic E-state index is -3.77. The van der Waals surface area contributed by atoms with Crippen molar-refractivity contribution in [2.45, 2.75) is 75.8 Å². The van der Waals surface area contributed by atoms with Gasteiger partial charge in [0.25, 0.3) is 0 Å². The molecule has 0 atom stereocenters. The third kappa shape index (κ3) is 6.77. The molecule has 9 nitrogen and oxygen atoms in total. The molecule has 1 aromatic carbocycles. The van der Waals surface area contributed by atoms with Crippen LogP contribution in [-0.4, -0.2) is 49.1 Å². The van der Waals surface area contributed by atoms with E-state index in [2.05, 4.69) is 20.3 Å². The summed E-state index contributed by atoms with van der Waals surface area (Å²) < 4.78 is 28.5. The first-order chi connectivity index (χ1) is 16.1. The van der Waals surface area contributed by atoms with Crippen molar-refractivity contribution in [2.24, 2.45) is 0 Å². The van der Waals surface area contributed by atoms with Crippen molar-refractivity contribution in [2.75, 3.05) is 6.54 Å². The lowest BCUT2D eigenvalue weighted by molar-refractivity contribution is -0.120. The van der Waals surface area contributed by atoms with Crippen molar-refractivity contribution < 1.29 is 23.1 Å². The summed E-state index contributed by atoms with van der Waals surface area (Å²) in [5, 5.41) is 15.2. The van der Waals surface area contributed by atoms with Gasteiger partial charge in [0.1, 0.15) is 0 Å². The summed E-state index contributed by atoms with van der Waals surface area (Å²) in [6.45, 7) is 5.72. The molecule has 2 amide bonds. The van der Waals surface area contributed by atoms with E-state index >= 15 is 0 Å². The Morgan fingerprint density at radius 2 is 1.91 bits per heavy atom. The van der Waals surface area contributed by atoms with Crippen molar-refractivity contribution in [1.82, 2.24) is 20.3 Å². The van der Waals surface area contributed by atoms with Crippen molar-refractivity contribution in [3.8, 4) is 10.4 Å². The molecule has 0 aliphatic heterocycles. The number of benzene rings is 1. The first-order valence-corrected chi connectivity index (χ1v) is 13.8. The lowest BCUT2D eigenvalue weighted by atomic mass is 9.86. The summed E-state index contributed by atoms with van der Waals surface area (Å²) in [7, 11) is -3.77. The number of nitrogens with one attached hydrogen (secondary N) is 3. The largest absolute Gasteiger partial charge is 0.465 e. The molecule has 1 fully saturated rings. The Kier molecular flexibility index (Phi) is 8.67. The molecular formula is C23H32N4O5S2. The molecule has 1 aromatic heterocycles. The first-order valence-electron chi connectivity index (χ1n) is 11.5. The van der Waals surface area contributed by atoms with Crippen LogP contribution in [0.4, 0.5) is 4.79 Å². The molecule has 186 valence electrons. The minimum absolute atomic E-state index is 0.00215. The van der Waals surface area contributed by atoms with Gasteiger partial charge in [-0.05, 0) is 51.2 Å². The Labute approximate surface area is 204 Å². The van der Waals surface area contributed by atoms with Gasteiger partial charge < -0.3 is 15.7 Å². The number of hydrogen-bond acceptors (Lipinski definition) is 6. The Hall–Kier alpha value is -2.50. The number of thiazole rings is 1. The van der Waals surface area contributed by atoms with E-state index in [1.165, 1.54) is 11.3 Å². The van der Waals surface area contributed by atoms with Gasteiger partial charge in [-0.3, -0.25) is 4.79 Å². The van der Waals surface area contributed by atoms with E-state index < -0.39 is 16.1 Å². The number of carbonyl (C=O) groups is 2. The van der Waals surface area contributed by atoms with Crippen LogP contribution in [0.5, 0.6) is 0 Å². The molecular weight excluding hydrogens is 476 g/mol. The average Bonchev–Trinajstić information content (AvgIpc) is 3.23. The van der Waals surface area contributed by atoms with E-state index in [0.29, 0.717) is 11.1 Å². The van der Waals surface area contributed by atoms with Crippen LogP contribution in [0.3, 0.4) is 0 Å². The normalized spacial score (nSPS) is 18.6. The highest BCUT2D eigenvalue weighted by Gasteiger charge is 2.27. The van der Waals surface area contributed by atoms with E-state index in [0.717, 1.165) is 35.6 Å². The molecule has 34 heavy (non-hydrogen) atoms. The second kappa shape index (κ2) is 11.3. The van der Waals surface area contributed by atoms with E-state index in [4.69, 9.17) is 5.11 Å². The number of nitrogens with zero attached hydrogens (tertiary/aromatic N) is 1. The van der Waals surface area contributed by atoms with Gasteiger partial charge in [-0.15, -0.1) is 11.3 Å². The zero-order valence-electron chi connectivity index (χ0n) is 19.6. The van der Waals surface area contributed by atoms with E-state index in [-0.39, 0.29) is 41.8 Å². The minimum Gasteiger partial charge on any atom is -0.465 e. The highest BCUT2D eigenvalue weighted by Crippen LogP contribution is 2.39. The number of rotatable bonds is 9. The van der Waals surface area contributed by atoms with Gasteiger partial charge in [-0.1, -0.05) is 19.1 Å². The van der Waals surface area contributed by atoms with Crippen LogP contribution in [0.2, 0.25) is 0 Å². The predicted octanol–water partition coefficient (Wildman–Crippen LogP) is 3.47. The van der Waals surface area contributed by atoms with Crippen molar-refractivity contribution in [3.05, 3.63) is 35.0 Å². The number of amides is 2. The SMILES string of the molecule is CCNS(=O)(=O)c1cc(CC(=O)NC(C)C)ccc1-c1cnc([C@H]2CC[C@H](NC(=O)O)CC2)s1. The van der Waals surface area contributed by atoms with Gasteiger partial charge in [0.15, 0.2) is 0 Å². The Morgan fingerprint density at radius 3 is 2.53 bits per heavy atom. The van der Waals surface area contributed by atoms with Crippen LogP contribution < -0.4 is 15.4 Å². The zero-order chi connectivity index (χ0) is 24.9. The summed E-state index contributed by atoms with van der Waals surface area (Å²) >= 11 is 1.46. The smallest absolute Gasteiger partial charge is 0.404 e. The lowest BCUT2D eigenvalue weighted by Crippen LogP contribution is -2.36. The highest BCUT2D eigenvalue weighted by atomic mass is 32.2. The van der Waals surface area contributed by atoms with E-state index in [9.17, 15) is 18.0 Å². The fraction of sp³-hybridized carbons (Fsp3) is 0.522. The van der Waals surface area contributed by atoms with Crippen LogP contribution in [0.25, 0.3) is 10.4 Å². The maximum Gasteiger partial charge on any atom is 0.404 e. The topological polar surface area (TPSA) is 137 Å². The number of carboxylic acid groups (broad SMARTS) is 1. The second-order valence-corrected chi connectivity index (χ2v) is 11.6. The van der Waals surface area contributed by atoms with Crippen molar-refractivity contribution in [3.63, 3.8) is 0 Å². The molecule has 3 rings (SSSR count). The lowest BCUT2D eigenvalue weighted by Gasteiger charge is -2.27. The molecule has 0 saturated heterocycles. The maximum absolute atomic E-state index is 13.0. The highest BCUT2D eigenvalue weighted by molar-refractivity contribution is 7.89. The monoisotopic (exact) mass is 508 g/mol. The van der Waals surface area contributed by atoms with E-state index in [1.807, 2.05) is 13.8 Å². The van der Waals surface area contributed by atoms with Gasteiger partial charge in [-0.2, -0.15) is 0 Å². The molecule has 11 heteroatoms. The molecule has 1 saturated carbocycles. The van der Waals surface area contributed by atoms with Gasteiger partial charge in [-0.25, -0.2) is 22.9 Å². The van der Waals surface area contributed by atoms with Crippen molar-refractivity contribution >= 4 is 33.4 Å². The van der Waals surface area contributed by atoms with Crippen molar-refractivity contribution in [1.29, 1.82) is 0 Å². The first kappa shape index (κ1) is 26.1. The third-order valence-corrected chi connectivity index (χ3v) is 8.46. The van der Waals surface area contributed by atoms with Gasteiger partial charge in [0.05, 0.1) is 21.2 Å². The molecule has 1 aliphatic carbocycles. The van der Waals surface area contributed by atoms with Crippen LogP contribution >= 0.6 is 11.3 Å². The average molecular weight is 509 g/mol. The molecule has 1 aliphatic rings. The fourth-order valence-corrected chi connectivity index (χ4v) is 6.69. The molecule has 2 aromatic rings. The van der Waals surface area contributed by atoms with Crippen LogP contribution in [0, 0.1) is 0 Å². The second-order valence-electron chi connectivity index (χ2n) is 8.79. The molecule has 0 radical (unpaired) electrons. The summed E-state index contributed by atoms with van der Waals surface area (Å²) in [5.41, 5.74) is 1.17. The number of carbonyl (C=O) groups excluding carboxylic acids is 1. The van der Waals surface area contributed by atoms with E-state index in [1.54, 1.807) is 31.3 Å². The quantitative estimate of drug-likeness (QED) is 0.409. The molecule has 4 N–H and O–H groups in total. The Balaban J connectivity index is 1.85. The fourth-order valence-electron chi connectivity index (χ4n) is 4.19. The Bertz CT molecular complexity index is 1120. The summed E-state index contributed by atoms with van der Waals surface area (Å²) in [5.74, 6) is 0.0565. The standard InChI is InChI=1S/C23H32N4O5S2/c1-4-25-34(31,32)20-11-15(12-21(28)26-14(2)3)5-10-18(20)19-13-24-22(33-19)16-6-8-17(9-7-16)27-23(29)30/h5,10-11,13-14,16-17,25,27H,4,6-9,12H2,1-3H3,(H,26,28)(H,29,30)/t16-,17-. The zero-order valence-corrected chi connectivity index (χ0v) is 21.3. The predicted molar refractivity (Wildman–Crippen MR) is 132 cm³/mol. The van der Waals surface area contributed by atoms with Crippen LogP contribution in [0.15, 0.2) is 29.3 Å². The maximum atomic E-state index is 13.0. The summed E-state index contributed by atoms with van der Waals surface area (Å²) in [6, 6.07) is 5.05.